The van der Waals surface area contributed by atoms with Crippen molar-refractivity contribution < 1.29 is 9.53 Å². The second kappa shape index (κ2) is 8.62. The molecule has 1 N–H and O–H groups in total. The highest BCUT2D eigenvalue weighted by atomic mass is 35.5. The van der Waals surface area contributed by atoms with Crippen LogP contribution in [0.3, 0.4) is 0 Å². The van der Waals surface area contributed by atoms with E-state index in [2.05, 4.69) is 25.2 Å². The number of halogens is 1. The molecular weight excluding hydrogens is 354 g/mol. The number of esters is 1. The summed E-state index contributed by atoms with van der Waals surface area (Å²) in [5, 5.41) is 3.87. The standard InChI is InChI=1S/C18H20ClN5O2/c1-2-26-16(25)5-4-13-10-15(19)17(22-11-13)23-14-6-9-24(12-14)18-20-7-3-8-21-18/h3-5,7-8,10-11,14H,2,6,9,12H2,1H3,(H,22,23)/t14-/m1/s1. The first-order valence-electron chi connectivity index (χ1n) is 8.44. The average molecular weight is 374 g/mol. The Kier molecular flexibility index (Phi) is 6.01. The highest BCUT2D eigenvalue weighted by Gasteiger charge is 2.24. The first-order chi connectivity index (χ1) is 12.7. The zero-order chi connectivity index (χ0) is 18.4. The van der Waals surface area contributed by atoms with Gasteiger partial charge in [-0.05, 0) is 37.1 Å². The number of carbonyl (C=O) groups is 1. The van der Waals surface area contributed by atoms with Gasteiger partial charge in [0.1, 0.15) is 5.82 Å². The molecule has 1 aliphatic heterocycles. The quantitative estimate of drug-likeness (QED) is 0.616. The summed E-state index contributed by atoms with van der Waals surface area (Å²) in [6.45, 7) is 3.77. The van der Waals surface area contributed by atoms with Crippen LogP contribution in [-0.2, 0) is 9.53 Å². The van der Waals surface area contributed by atoms with Gasteiger partial charge < -0.3 is 15.0 Å². The van der Waals surface area contributed by atoms with E-state index < -0.39 is 0 Å². The molecule has 0 saturated carbocycles. The second-order valence-corrected chi connectivity index (χ2v) is 6.22. The van der Waals surface area contributed by atoms with E-state index in [0.29, 0.717) is 17.4 Å². The third kappa shape index (κ3) is 4.70. The predicted molar refractivity (Wildman–Crippen MR) is 101 cm³/mol. The fraction of sp³-hybridized carbons (Fsp3) is 0.333. The van der Waals surface area contributed by atoms with Crippen LogP contribution in [0.4, 0.5) is 11.8 Å². The molecule has 0 amide bonds. The minimum absolute atomic E-state index is 0.213. The summed E-state index contributed by atoms with van der Waals surface area (Å²) in [6.07, 6.45) is 9.08. The van der Waals surface area contributed by atoms with Crippen LogP contribution in [0.25, 0.3) is 6.08 Å². The predicted octanol–water partition coefficient (Wildman–Crippen LogP) is 2.79. The lowest BCUT2D eigenvalue weighted by Gasteiger charge is -2.17. The molecule has 1 atom stereocenters. The van der Waals surface area contributed by atoms with Gasteiger partial charge in [0.15, 0.2) is 0 Å². The lowest BCUT2D eigenvalue weighted by atomic mass is 10.2. The second-order valence-electron chi connectivity index (χ2n) is 5.81. The molecule has 0 aromatic carbocycles. The summed E-state index contributed by atoms with van der Waals surface area (Å²) in [7, 11) is 0. The number of rotatable bonds is 6. The summed E-state index contributed by atoms with van der Waals surface area (Å²) in [5.41, 5.74) is 0.735. The molecule has 8 heteroatoms. The molecule has 0 bridgehead atoms. The Balaban J connectivity index is 1.60. The lowest BCUT2D eigenvalue weighted by Crippen LogP contribution is -2.27. The number of nitrogens with one attached hydrogen (secondary N) is 1. The van der Waals surface area contributed by atoms with Crippen LogP contribution in [0.5, 0.6) is 0 Å². The summed E-state index contributed by atoms with van der Waals surface area (Å²) in [6, 6.07) is 3.78. The number of aromatic nitrogens is 3. The van der Waals surface area contributed by atoms with Gasteiger partial charge in [-0.15, -0.1) is 0 Å². The molecule has 3 heterocycles. The average Bonchev–Trinajstić information content (AvgIpc) is 3.12. The van der Waals surface area contributed by atoms with Crippen LogP contribution < -0.4 is 10.2 Å². The van der Waals surface area contributed by atoms with Gasteiger partial charge in [-0.3, -0.25) is 0 Å². The Hall–Kier alpha value is -2.67. The van der Waals surface area contributed by atoms with Crippen molar-refractivity contribution in [2.24, 2.45) is 0 Å². The first kappa shape index (κ1) is 18.1. The van der Waals surface area contributed by atoms with E-state index in [1.807, 2.05) is 0 Å². The molecule has 0 radical (unpaired) electrons. The van der Waals surface area contributed by atoms with Gasteiger partial charge in [0, 0.05) is 43.8 Å². The highest BCUT2D eigenvalue weighted by Crippen LogP contribution is 2.24. The van der Waals surface area contributed by atoms with E-state index >= 15 is 0 Å². The summed E-state index contributed by atoms with van der Waals surface area (Å²) >= 11 is 6.32. The van der Waals surface area contributed by atoms with Crippen molar-refractivity contribution in [3.63, 3.8) is 0 Å². The van der Waals surface area contributed by atoms with Crippen molar-refractivity contribution in [2.45, 2.75) is 19.4 Å². The maximum absolute atomic E-state index is 11.4. The molecule has 26 heavy (non-hydrogen) atoms. The van der Waals surface area contributed by atoms with Crippen molar-refractivity contribution >= 4 is 35.4 Å². The Morgan fingerprint density at radius 3 is 2.96 bits per heavy atom. The molecule has 1 saturated heterocycles. The normalized spacial score (nSPS) is 16.8. The Morgan fingerprint density at radius 1 is 1.42 bits per heavy atom. The van der Waals surface area contributed by atoms with Crippen LogP contribution in [-0.4, -0.2) is 46.7 Å². The fourth-order valence-electron chi connectivity index (χ4n) is 2.71. The van der Waals surface area contributed by atoms with Crippen LogP contribution in [0.1, 0.15) is 18.9 Å². The number of ether oxygens (including phenoxy) is 1. The van der Waals surface area contributed by atoms with Gasteiger partial charge in [-0.2, -0.15) is 0 Å². The van der Waals surface area contributed by atoms with E-state index in [1.165, 1.54) is 6.08 Å². The number of hydrogen-bond donors (Lipinski definition) is 1. The highest BCUT2D eigenvalue weighted by molar-refractivity contribution is 6.33. The third-order valence-corrected chi connectivity index (χ3v) is 4.21. The molecule has 7 nitrogen and oxygen atoms in total. The molecule has 1 fully saturated rings. The van der Waals surface area contributed by atoms with E-state index in [4.69, 9.17) is 16.3 Å². The summed E-state index contributed by atoms with van der Waals surface area (Å²) in [5.74, 6) is 0.969. The summed E-state index contributed by atoms with van der Waals surface area (Å²) in [4.78, 5) is 26.4. The van der Waals surface area contributed by atoms with Crippen molar-refractivity contribution in [3.05, 3.63) is 47.4 Å². The van der Waals surface area contributed by atoms with E-state index in [0.717, 1.165) is 31.0 Å². The van der Waals surface area contributed by atoms with E-state index in [9.17, 15) is 4.79 Å². The fourth-order valence-corrected chi connectivity index (χ4v) is 2.94. The third-order valence-electron chi connectivity index (χ3n) is 3.92. The lowest BCUT2D eigenvalue weighted by molar-refractivity contribution is -0.137. The van der Waals surface area contributed by atoms with Crippen LogP contribution >= 0.6 is 11.6 Å². The zero-order valence-corrected chi connectivity index (χ0v) is 15.2. The largest absolute Gasteiger partial charge is 0.463 e. The maximum Gasteiger partial charge on any atom is 0.330 e. The van der Waals surface area contributed by atoms with Crippen molar-refractivity contribution in [2.75, 3.05) is 29.9 Å². The van der Waals surface area contributed by atoms with E-state index in [1.54, 1.807) is 43.7 Å². The van der Waals surface area contributed by atoms with Crippen LogP contribution in [0, 0.1) is 0 Å². The Morgan fingerprint density at radius 2 is 2.23 bits per heavy atom. The van der Waals surface area contributed by atoms with E-state index in [-0.39, 0.29) is 12.0 Å². The number of nitrogens with zero attached hydrogens (tertiary/aromatic N) is 4. The van der Waals surface area contributed by atoms with Crippen molar-refractivity contribution in [1.29, 1.82) is 0 Å². The molecular formula is C18H20ClN5O2. The molecule has 0 unspecified atom stereocenters. The SMILES string of the molecule is CCOC(=O)C=Cc1cnc(N[C@@H]2CCN(c3ncccn3)C2)c(Cl)c1. The monoisotopic (exact) mass is 373 g/mol. The number of carbonyl (C=O) groups excluding carboxylic acids is 1. The van der Waals surface area contributed by atoms with Gasteiger partial charge in [0.2, 0.25) is 5.95 Å². The van der Waals surface area contributed by atoms with Crippen molar-refractivity contribution in [1.82, 2.24) is 15.0 Å². The smallest absolute Gasteiger partial charge is 0.330 e. The number of hydrogen-bond acceptors (Lipinski definition) is 7. The van der Waals surface area contributed by atoms with Crippen molar-refractivity contribution in [3.8, 4) is 0 Å². The van der Waals surface area contributed by atoms with Gasteiger partial charge in [-0.25, -0.2) is 19.7 Å². The summed E-state index contributed by atoms with van der Waals surface area (Å²) < 4.78 is 4.85. The minimum atomic E-state index is -0.389. The Bertz CT molecular complexity index is 784. The molecule has 0 aliphatic carbocycles. The first-order valence-corrected chi connectivity index (χ1v) is 8.82. The van der Waals surface area contributed by atoms with Gasteiger partial charge in [0.25, 0.3) is 0 Å². The molecule has 2 aromatic heterocycles. The maximum atomic E-state index is 11.4. The molecule has 0 spiro atoms. The molecule has 3 rings (SSSR count). The van der Waals surface area contributed by atoms with Gasteiger partial charge >= 0.3 is 5.97 Å². The Labute approximate surface area is 157 Å². The topological polar surface area (TPSA) is 80.2 Å². The molecule has 1 aliphatic rings. The van der Waals surface area contributed by atoms with Gasteiger partial charge in [-0.1, -0.05) is 11.6 Å². The van der Waals surface area contributed by atoms with Crippen LogP contribution in [0.15, 0.2) is 36.8 Å². The van der Waals surface area contributed by atoms with Crippen LogP contribution in [0.2, 0.25) is 5.02 Å². The molecule has 136 valence electrons. The number of anilines is 2. The molecule has 2 aromatic rings. The number of pyridine rings is 1. The minimum Gasteiger partial charge on any atom is -0.463 e. The van der Waals surface area contributed by atoms with Gasteiger partial charge in [0.05, 0.1) is 11.6 Å². The zero-order valence-electron chi connectivity index (χ0n) is 14.4.